The molecule has 0 amide bonds. The van der Waals surface area contributed by atoms with Crippen LogP contribution in [0, 0.1) is 5.92 Å². The lowest BCUT2D eigenvalue weighted by Crippen LogP contribution is -2.13. The van der Waals surface area contributed by atoms with Gasteiger partial charge in [0, 0.05) is 6.54 Å². The Morgan fingerprint density at radius 1 is 1.64 bits per heavy atom. The molecule has 1 rings (SSSR count). The summed E-state index contributed by atoms with van der Waals surface area (Å²) >= 11 is 0. The van der Waals surface area contributed by atoms with Crippen molar-refractivity contribution in [2.75, 3.05) is 26.3 Å². The van der Waals surface area contributed by atoms with Crippen LogP contribution < -0.4 is 5.32 Å². The highest BCUT2D eigenvalue weighted by Crippen LogP contribution is 2.06. The summed E-state index contributed by atoms with van der Waals surface area (Å²) in [6.45, 7) is 6.00. The lowest BCUT2D eigenvalue weighted by molar-refractivity contribution is 0.129. The molecule has 2 nitrogen and oxygen atoms in total. The van der Waals surface area contributed by atoms with Crippen LogP contribution in [0.15, 0.2) is 12.2 Å². The molecule has 1 saturated heterocycles. The fourth-order valence-electron chi connectivity index (χ4n) is 1.26. The number of ether oxygens (including phenoxy) is 1. The van der Waals surface area contributed by atoms with Crippen molar-refractivity contribution in [3.05, 3.63) is 12.2 Å². The summed E-state index contributed by atoms with van der Waals surface area (Å²) in [5.74, 6) is 0.750. The number of nitrogens with one attached hydrogen (secondary N) is 1. The molecule has 1 N–H and O–H groups in total. The largest absolute Gasteiger partial charge is 0.377 e. The maximum Gasteiger partial charge on any atom is 0.0647 e. The molecule has 11 heavy (non-hydrogen) atoms. The predicted molar refractivity (Wildman–Crippen MR) is 46.6 cm³/mol. The molecule has 0 radical (unpaired) electrons. The molecule has 64 valence electrons. The minimum absolute atomic E-state index is 0.750. The quantitative estimate of drug-likeness (QED) is 0.486. The van der Waals surface area contributed by atoms with Crippen LogP contribution in [0.25, 0.3) is 0 Å². The first-order valence-corrected chi connectivity index (χ1v) is 4.33. The van der Waals surface area contributed by atoms with Crippen molar-refractivity contribution in [2.24, 2.45) is 5.92 Å². The maximum atomic E-state index is 5.43. The number of hydrogen-bond donors (Lipinski definition) is 1. The average Bonchev–Trinajstić information content (AvgIpc) is 2.50. The molecule has 0 aromatic rings. The Morgan fingerprint density at radius 3 is 3.18 bits per heavy atom. The predicted octanol–water partition coefficient (Wildman–Crippen LogP) is 1.19. The van der Waals surface area contributed by atoms with Gasteiger partial charge in [-0.2, -0.15) is 0 Å². The van der Waals surface area contributed by atoms with Crippen LogP contribution in [0.4, 0.5) is 0 Å². The second-order valence-electron chi connectivity index (χ2n) is 2.97. The fourth-order valence-corrected chi connectivity index (χ4v) is 1.26. The molecular weight excluding hydrogens is 138 g/mol. The Hall–Kier alpha value is -0.340. The summed E-state index contributed by atoms with van der Waals surface area (Å²) < 4.78 is 5.43. The van der Waals surface area contributed by atoms with Gasteiger partial charge in [-0.1, -0.05) is 12.2 Å². The van der Waals surface area contributed by atoms with Crippen LogP contribution in [0.1, 0.15) is 13.3 Å². The van der Waals surface area contributed by atoms with Gasteiger partial charge in [-0.3, -0.25) is 0 Å². The van der Waals surface area contributed by atoms with Crippen molar-refractivity contribution >= 4 is 0 Å². The summed E-state index contributed by atoms with van der Waals surface area (Å²) in [4.78, 5) is 0. The summed E-state index contributed by atoms with van der Waals surface area (Å²) in [7, 11) is 0. The van der Waals surface area contributed by atoms with Gasteiger partial charge in [-0.15, -0.1) is 0 Å². The zero-order valence-electron chi connectivity index (χ0n) is 7.18. The average molecular weight is 155 g/mol. The van der Waals surface area contributed by atoms with E-state index < -0.39 is 0 Å². The van der Waals surface area contributed by atoms with Crippen LogP contribution in [-0.4, -0.2) is 26.3 Å². The van der Waals surface area contributed by atoms with Crippen molar-refractivity contribution in [1.82, 2.24) is 5.32 Å². The third kappa shape index (κ3) is 3.54. The zero-order chi connectivity index (χ0) is 7.94. The zero-order valence-corrected chi connectivity index (χ0v) is 7.18. The number of hydrogen-bond acceptors (Lipinski definition) is 2. The van der Waals surface area contributed by atoms with Crippen LogP contribution in [-0.2, 0) is 4.74 Å². The molecule has 1 aliphatic heterocycles. The molecule has 0 aliphatic carbocycles. The lowest BCUT2D eigenvalue weighted by Gasteiger charge is -2.06. The minimum atomic E-state index is 0.750. The Balaban J connectivity index is 1.93. The van der Waals surface area contributed by atoms with Gasteiger partial charge in [0.15, 0.2) is 0 Å². The van der Waals surface area contributed by atoms with Gasteiger partial charge in [0.05, 0.1) is 13.2 Å². The van der Waals surface area contributed by atoms with Crippen LogP contribution in [0.5, 0.6) is 0 Å². The third-order valence-corrected chi connectivity index (χ3v) is 1.97. The molecular formula is C9H17NO. The first-order valence-electron chi connectivity index (χ1n) is 4.33. The molecule has 1 unspecified atom stereocenters. The molecule has 1 atom stereocenters. The first kappa shape index (κ1) is 8.75. The van der Waals surface area contributed by atoms with Gasteiger partial charge in [-0.25, -0.2) is 0 Å². The van der Waals surface area contributed by atoms with E-state index in [0.29, 0.717) is 0 Å². The summed E-state index contributed by atoms with van der Waals surface area (Å²) in [6, 6.07) is 0. The summed E-state index contributed by atoms with van der Waals surface area (Å²) in [6.07, 6.45) is 5.34. The van der Waals surface area contributed by atoms with Crippen molar-refractivity contribution in [2.45, 2.75) is 13.3 Å². The molecule has 0 aromatic carbocycles. The molecule has 1 fully saturated rings. The maximum absolute atomic E-state index is 5.43. The van der Waals surface area contributed by atoms with E-state index in [-0.39, 0.29) is 0 Å². The van der Waals surface area contributed by atoms with Gasteiger partial charge in [0.1, 0.15) is 0 Å². The second kappa shape index (κ2) is 5.33. The van der Waals surface area contributed by atoms with Gasteiger partial charge in [0.25, 0.3) is 0 Å². The second-order valence-corrected chi connectivity index (χ2v) is 2.97. The topological polar surface area (TPSA) is 21.3 Å². The molecule has 0 saturated carbocycles. The highest BCUT2D eigenvalue weighted by atomic mass is 16.5. The van der Waals surface area contributed by atoms with Crippen LogP contribution >= 0.6 is 0 Å². The number of rotatable bonds is 4. The fraction of sp³-hybridized carbons (Fsp3) is 0.778. The first-order chi connectivity index (χ1) is 5.43. The van der Waals surface area contributed by atoms with E-state index in [0.717, 1.165) is 32.2 Å². The standard InChI is InChI=1S/C9H17NO/c1-2-3-6-11-8-9-4-5-10-7-9/h2-3,9-10H,4-8H2,1H3/b3-2+. The van der Waals surface area contributed by atoms with E-state index in [4.69, 9.17) is 4.74 Å². The van der Waals surface area contributed by atoms with Gasteiger partial charge in [0.2, 0.25) is 0 Å². The Labute approximate surface area is 68.6 Å². The Morgan fingerprint density at radius 2 is 2.55 bits per heavy atom. The Kier molecular flexibility index (Phi) is 4.24. The Bertz CT molecular complexity index is 117. The van der Waals surface area contributed by atoms with E-state index >= 15 is 0 Å². The number of allylic oxidation sites excluding steroid dienone is 1. The highest BCUT2D eigenvalue weighted by Gasteiger charge is 2.13. The van der Waals surface area contributed by atoms with Crippen molar-refractivity contribution in [1.29, 1.82) is 0 Å². The van der Waals surface area contributed by atoms with Gasteiger partial charge < -0.3 is 10.1 Å². The van der Waals surface area contributed by atoms with Crippen LogP contribution in [0.2, 0.25) is 0 Å². The van der Waals surface area contributed by atoms with E-state index in [1.165, 1.54) is 6.42 Å². The summed E-state index contributed by atoms with van der Waals surface area (Å²) in [5, 5.41) is 3.32. The lowest BCUT2D eigenvalue weighted by atomic mass is 10.1. The molecule has 1 heterocycles. The monoisotopic (exact) mass is 155 g/mol. The van der Waals surface area contributed by atoms with E-state index in [9.17, 15) is 0 Å². The summed E-state index contributed by atoms with van der Waals surface area (Å²) in [5.41, 5.74) is 0. The van der Waals surface area contributed by atoms with Crippen molar-refractivity contribution in [3.63, 3.8) is 0 Å². The molecule has 1 aliphatic rings. The van der Waals surface area contributed by atoms with Crippen molar-refractivity contribution in [3.8, 4) is 0 Å². The SMILES string of the molecule is C/C=C/COCC1CCNC1. The van der Waals surface area contributed by atoms with E-state index in [1.54, 1.807) is 0 Å². The van der Waals surface area contributed by atoms with E-state index in [1.807, 2.05) is 19.1 Å². The van der Waals surface area contributed by atoms with E-state index in [2.05, 4.69) is 5.32 Å². The van der Waals surface area contributed by atoms with Gasteiger partial charge >= 0.3 is 0 Å². The minimum Gasteiger partial charge on any atom is -0.377 e. The highest BCUT2D eigenvalue weighted by molar-refractivity contribution is 4.77. The molecule has 0 bridgehead atoms. The van der Waals surface area contributed by atoms with Crippen LogP contribution in [0.3, 0.4) is 0 Å². The van der Waals surface area contributed by atoms with Crippen molar-refractivity contribution < 1.29 is 4.74 Å². The smallest absolute Gasteiger partial charge is 0.0647 e. The third-order valence-electron chi connectivity index (χ3n) is 1.97. The molecule has 2 heteroatoms. The van der Waals surface area contributed by atoms with Gasteiger partial charge in [-0.05, 0) is 25.8 Å². The normalized spacial score (nSPS) is 25.0. The molecule has 0 aromatic heterocycles. The molecule has 0 spiro atoms.